The van der Waals surface area contributed by atoms with Gasteiger partial charge in [-0.25, -0.2) is 4.98 Å². The number of amides is 1. The molecule has 1 amide bonds. The molecule has 0 aliphatic carbocycles. The van der Waals surface area contributed by atoms with Crippen molar-refractivity contribution in [2.45, 2.75) is 16.8 Å². The van der Waals surface area contributed by atoms with E-state index in [-0.39, 0.29) is 11.2 Å². The first-order valence-corrected chi connectivity index (χ1v) is 12.4. The molecule has 1 unspecified atom stereocenters. The number of morpholine rings is 1. The molecule has 1 aliphatic rings. The second-order valence-corrected chi connectivity index (χ2v) is 9.47. The Morgan fingerprint density at radius 1 is 1.21 bits per heavy atom. The molecule has 2 heterocycles. The molecule has 2 N–H and O–H groups in total. The number of nitrogens with zero attached hydrogens (tertiary/aromatic N) is 3. The van der Waals surface area contributed by atoms with Gasteiger partial charge in [0.15, 0.2) is 5.82 Å². The molecule has 1 aliphatic heterocycles. The number of ether oxygens (including phenoxy) is 2. The molecule has 34 heavy (non-hydrogen) atoms. The minimum atomic E-state index is -0.150. The summed E-state index contributed by atoms with van der Waals surface area (Å²) < 4.78 is 10.7. The van der Waals surface area contributed by atoms with Crippen molar-refractivity contribution in [2.75, 3.05) is 46.5 Å². The summed E-state index contributed by atoms with van der Waals surface area (Å²) in [7, 11) is 1.63. The Bertz CT molecular complexity index is 1060. The Morgan fingerprint density at radius 3 is 2.65 bits per heavy atom. The largest absolute Gasteiger partial charge is 0.497 e. The molecule has 8 nitrogen and oxygen atoms in total. The molecule has 180 valence electrons. The summed E-state index contributed by atoms with van der Waals surface area (Å²) >= 11 is 7.44. The Labute approximate surface area is 208 Å². The molecule has 3 aromatic rings. The molecule has 0 bridgehead atoms. The number of benzene rings is 2. The highest BCUT2D eigenvalue weighted by atomic mass is 35.5. The smallest absolute Gasteiger partial charge is 0.221 e. The lowest BCUT2D eigenvalue weighted by atomic mass is 10.1. The number of thioether (sulfide) groups is 1. The van der Waals surface area contributed by atoms with E-state index < -0.39 is 0 Å². The van der Waals surface area contributed by atoms with E-state index in [0.717, 1.165) is 49.7 Å². The first-order chi connectivity index (χ1) is 16.6. The minimum Gasteiger partial charge on any atom is -0.497 e. The Morgan fingerprint density at radius 2 is 1.94 bits per heavy atom. The average Bonchev–Trinajstić information content (AvgIpc) is 3.33. The molecular formula is C24H28ClN5O3S. The fourth-order valence-electron chi connectivity index (χ4n) is 3.63. The van der Waals surface area contributed by atoms with Crippen LogP contribution < -0.4 is 10.1 Å². The monoisotopic (exact) mass is 501 g/mol. The number of rotatable bonds is 10. The summed E-state index contributed by atoms with van der Waals surface area (Å²) in [5.41, 5.74) is 1.90. The number of aromatic nitrogens is 3. The SMILES string of the molecule is COc1ccc(C(CC(=O)NCCN2CCOCC2)Sc2n[nH]c(-c3ccc(Cl)cc3)n2)cc1. The van der Waals surface area contributed by atoms with Crippen molar-refractivity contribution in [1.82, 2.24) is 25.4 Å². The van der Waals surface area contributed by atoms with E-state index in [9.17, 15) is 4.79 Å². The molecule has 10 heteroatoms. The standard InChI is InChI=1S/C24H28ClN5O3S/c1-32-20-8-4-17(5-9-20)21(16-22(31)26-10-11-30-12-14-33-15-13-30)34-24-27-23(28-29-24)18-2-6-19(25)7-3-18/h2-9,21H,10-16H2,1H3,(H,26,31)(H,27,28,29). The maximum Gasteiger partial charge on any atom is 0.221 e. The fourth-order valence-corrected chi connectivity index (χ4v) is 4.78. The number of carbonyl (C=O) groups excluding carboxylic acids is 1. The summed E-state index contributed by atoms with van der Waals surface area (Å²) in [5.74, 6) is 1.42. The van der Waals surface area contributed by atoms with Crippen LogP contribution in [0.5, 0.6) is 5.75 Å². The van der Waals surface area contributed by atoms with Crippen LogP contribution in [-0.2, 0) is 9.53 Å². The van der Waals surface area contributed by atoms with E-state index in [1.807, 2.05) is 48.5 Å². The predicted molar refractivity (Wildman–Crippen MR) is 133 cm³/mol. The first kappa shape index (κ1) is 24.5. The van der Waals surface area contributed by atoms with Gasteiger partial charge in [-0.05, 0) is 42.0 Å². The number of hydrogen-bond donors (Lipinski definition) is 2. The van der Waals surface area contributed by atoms with Crippen molar-refractivity contribution in [3.63, 3.8) is 0 Å². The number of nitrogens with one attached hydrogen (secondary N) is 2. The van der Waals surface area contributed by atoms with Gasteiger partial charge in [-0.15, -0.1) is 5.10 Å². The predicted octanol–water partition coefficient (Wildman–Crippen LogP) is 3.81. The topological polar surface area (TPSA) is 92.4 Å². The lowest BCUT2D eigenvalue weighted by molar-refractivity contribution is -0.121. The van der Waals surface area contributed by atoms with Crippen molar-refractivity contribution in [1.29, 1.82) is 0 Å². The summed E-state index contributed by atoms with van der Waals surface area (Å²) in [6.07, 6.45) is 0.310. The van der Waals surface area contributed by atoms with Crippen molar-refractivity contribution >= 4 is 29.3 Å². The van der Waals surface area contributed by atoms with Crippen LogP contribution in [0, 0.1) is 0 Å². The highest BCUT2D eigenvalue weighted by Crippen LogP contribution is 2.37. The number of carbonyl (C=O) groups is 1. The van der Waals surface area contributed by atoms with Crippen LogP contribution in [0.2, 0.25) is 5.02 Å². The lowest BCUT2D eigenvalue weighted by Gasteiger charge is -2.26. The van der Waals surface area contributed by atoms with Crippen LogP contribution in [0.3, 0.4) is 0 Å². The van der Waals surface area contributed by atoms with Gasteiger partial charge in [0.2, 0.25) is 11.1 Å². The molecule has 0 saturated carbocycles. The van der Waals surface area contributed by atoms with Crippen LogP contribution in [0.15, 0.2) is 53.7 Å². The van der Waals surface area contributed by atoms with E-state index in [2.05, 4.69) is 25.4 Å². The van der Waals surface area contributed by atoms with Gasteiger partial charge in [-0.1, -0.05) is 35.5 Å². The zero-order chi connectivity index (χ0) is 23.8. The maximum atomic E-state index is 12.8. The average molecular weight is 502 g/mol. The maximum absolute atomic E-state index is 12.8. The second-order valence-electron chi connectivity index (χ2n) is 7.86. The highest BCUT2D eigenvalue weighted by molar-refractivity contribution is 7.99. The summed E-state index contributed by atoms with van der Waals surface area (Å²) in [4.78, 5) is 19.7. The third-order valence-corrected chi connectivity index (χ3v) is 6.91. The van der Waals surface area contributed by atoms with Crippen molar-refractivity contribution in [2.24, 2.45) is 0 Å². The lowest BCUT2D eigenvalue weighted by Crippen LogP contribution is -2.41. The molecule has 1 atom stereocenters. The number of methoxy groups -OCH3 is 1. The third kappa shape index (κ3) is 6.96. The molecule has 1 saturated heterocycles. The second kappa shape index (κ2) is 12.2. The van der Waals surface area contributed by atoms with E-state index in [4.69, 9.17) is 21.1 Å². The zero-order valence-corrected chi connectivity index (χ0v) is 20.6. The number of aromatic amines is 1. The van der Waals surface area contributed by atoms with Crippen molar-refractivity contribution in [3.8, 4) is 17.1 Å². The molecule has 2 aromatic carbocycles. The van der Waals surface area contributed by atoms with Crippen LogP contribution in [0.25, 0.3) is 11.4 Å². The van der Waals surface area contributed by atoms with Gasteiger partial charge in [0.05, 0.1) is 20.3 Å². The minimum absolute atomic E-state index is 0.00459. The number of hydrogen-bond acceptors (Lipinski definition) is 7. The van der Waals surface area contributed by atoms with Crippen LogP contribution in [-0.4, -0.2) is 72.5 Å². The van der Waals surface area contributed by atoms with E-state index in [1.54, 1.807) is 7.11 Å². The normalized spacial score (nSPS) is 15.1. The number of H-pyrrole nitrogens is 1. The summed E-state index contributed by atoms with van der Waals surface area (Å²) in [5, 5.41) is 11.5. The Balaban J connectivity index is 1.41. The molecule has 0 spiro atoms. The van der Waals surface area contributed by atoms with Gasteiger partial charge in [0.1, 0.15) is 5.75 Å². The molecule has 1 fully saturated rings. The van der Waals surface area contributed by atoms with Gasteiger partial charge in [-0.3, -0.25) is 14.8 Å². The van der Waals surface area contributed by atoms with Crippen molar-refractivity contribution < 1.29 is 14.3 Å². The van der Waals surface area contributed by atoms with Gasteiger partial charge in [-0.2, -0.15) is 0 Å². The molecule has 0 radical (unpaired) electrons. The van der Waals surface area contributed by atoms with Gasteiger partial charge in [0.25, 0.3) is 0 Å². The highest BCUT2D eigenvalue weighted by Gasteiger charge is 2.21. The van der Waals surface area contributed by atoms with E-state index >= 15 is 0 Å². The van der Waals surface area contributed by atoms with Gasteiger partial charge >= 0.3 is 0 Å². The van der Waals surface area contributed by atoms with Crippen LogP contribution in [0.4, 0.5) is 0 Å². The third-order valence-electron chi connectivity index (χ3n) is 5.54. The number of halogens is 1. The Hall–Kier alpha value is -2.59. The molecule has 1 aromatic heterocycles. The first-order valence-electron chi connectivity index (χ1n) is 11.2. The molecule has 4 rings (SSSR count). The van der Waals surface area contributed by atoms with Gasteiger partial charge in [0, 0.05) is 48.4 Å². The van der Waals surface area contributed by atoms with Crippen LogP contribution in [0.1, 0.15) is 17.2 Å². The fraction of sp³-hybridized carbons (Fsp3) is 0.375. The van der Waals surface area contributed by atoms with E-state index in [1.165, 1.54) is 11.8 Å². The quantitative estimate of drug-likeness (QED) is 0.408. The van der Waals surface area contributed by atoms with E-state index in [0.29, 0.717) is 29.0 Å². The zero-order valence-electron chi connectivity index (χ0n) is 19.0. The van der Waals surface area contributed by atoms with Gasteiger partial charge < -0.3 is 14.8 Å². The summed E-state index contributed by atoms with van der Waals surface area (Å²) in [6, 6.07) is 15.2. The summed E-state index contributed by atoms with van der Waals surface area (Å²) in [6.45, 7) is 4.74. The van der Waals surface area contributed by atoms with Crippen LogP contribution >= 0.6 is 23.4 Å². The molecular weight excluding hydrogens is 474 g/mol. The van der Waals surface area contributed by atoms with Crippen molar-refractivity contribution in [3.05, 3.63) is 59.1 Å². The Kier molecular flexibility index (Phi) is 8.81.